The van der Waals surface area contributed by atoms with Crippen LogP contribution in [0.25, 0.3) is 0 Å². The van der Waals surface area contributed by atoms with E-state index in [-0.39, 0.29) is 17.8 Å². The van der Waals surface area contributed by atoms with Crippen LogP contribution in [0.2, 0.25) is 0 Å². The molecular formula is C23H27NO3. The van der Waals surface area contributed by atoms with Crippen LogP contribution < -0.4 is 5.32 Å². The summed E-state index contributed by atoms with van der Waals surface area (Å²) >= 11 is 0. The van der Waals surface area contributed by atoms with E-state index < -0.39 is 0 Å². The molecule has 4 nitrogen and oxygen atoms in total. The van der Waals surface area contributed by atoms with Gasteiger partial charge in [-0.1, -0.05) is 49.6 Å². The number of carbonyl (C=O) groups excluding carboxylic acids is 2. The van der Waals surface area contributed by atoms with E-state index in [9.17, 15) is 9.59 Å². The van der Waals surface area contributed by atoms with Gasteiger partial charge in [-0.3, -0.25) is 4.79 Å². The predicted octanol–water partition coefficient (Wildman–Crippen LogP) is 5.17. The molecule has 1 amide bonds. The number of hydrogen-bond acceptors (Lipinski definition) is 3. The van der Waals surface area contributed by atoms with Gasteiger partial charge in [0.05, 0.1) is 18.1 Å². The normalized spacial score (nSPS) is 15.7. The first kappa shape index (κ1) is 19.2. The summed E-state index contributed by atoms with van der Waals surface area (Å²) in [6.07, 6.45) is 5.82. The van der Waals surface area contributed by atoms with Crippen molar-refractivity contribution in [2.24, 2.45) is 5.92 Å². The van der Waals surface area contributed by atoms with Crippen molar-refractivity contribution in [3.63, 3.8) is 0 Å². The number of hydrogen-bond donors (Lipinski definition) is 1. The number of rotatable bonds is 6. The summed E-state index contributed by atoms with van der Waals surface area (Å²) in [5.41, 5.74) is 2.26. The third-order valence-electron chi connectivity index (χ3n) is 5.23. The minimum Gasteiger partial charge on any atom is -0.462 e. The Hall–Kier alpha value is -2.62. The molecule has 1 saturated carbocycles. The first-order valence-corrected chi connectivity index (χ1v) is 9.82. The number of esters is 1. The summed E-state index contributed by atoms with van der Waals surface area (Å²) in [5.74, 6) is -0.0899. The zero-order chi connectivity index (χ0) is 19.1. The van der Waals surface area contributed by atoms with E-state index in [0.29, 0.717) is 23.8 Å². The highest BCUT2D eigenvalue weighted by atomic mass is 16.5. The lowest BCUT2D eigenvalue weighted by Gasteiger charge is -2.29. The lowest BCUT2D eigenvalue weighted by molar-refractivity contribution is -0.119. The minimum absolute atomic E-state index is 0.0250. The summed E-state index contributed by atoms with van der Waals surface area (Å²) in [4.78, 5) is 24.9. The quantitative estimate of drug-likeness (QED) is 0.719. The van der Waals surface area contributed by atoms with Crippen molar-refractivity contribution in [3.05, 3.63) is 65.7 Å². The fourth-order valence-corrected chi connectivity index (χ4v) is 3.89. The van der Waals surface area contributed by atoms with Crippen LogP contribution in [-0.2, 0) is 9.53 Å². The number of benzene rings is 2. The Morgan fingerprint density at radius 1 is 1.00 bits per heavy atom. The molecule has 142 valence electrons. The van der Waals surface area contributed by atoms with Gasteiger partial charge in [-0.25, -0.2) is 4.79 Å². The second-order valence-electron chi connectivity index (χ2n) is 7.07. The smallest absolute Gasteiger partial charge is 0.338 e. The van der Waals surface area contributed by atoms with Gasteiger partial charge in [0.25, 0.3) is 0 Å². The second-order valence-corrected chi connectivity index (χ2v) is 7.07. The van der Waals surface area contributed by atoms with Crippen LogP contribution >= 0.6 is 0 Å². The molecule has 0 radical (unpaired) electrons. The van der Waals surface area contributed by atoms with Gasteiger partial charge >= 0.3 is 5.97 Å². The van der Waals surface area contributed by atoms with Crippen LogP contribution in [0.5, 0.6) is 0 Å². The van der Waals surface area contributed by atoms with Crippen molar-refractivity contribution in [1.29, 1.82) is 0 Å². The Bertz CT molecular complexity index is 749. The van der Waals surface area contributed by atoms with Crippen molar-refractivity contribution in [2.75, 3.05) is 11.9 Å². The number of ether oxygens (including phenoxy) is 1. The summed E-state index contributed by atoms with van der Waals surface area (Å²) < 4.78 is 5.00. The number of carbonyl (C=O) groups is 2. The van der Waals surface area contributed by atoms with E-state index in [1.807, 2.05) is 30.3 Å². The van der Waals surface area contributed by atoms with Gasteiger partial charge in [0.2, 0.25) is 5.91 Å². The molecule has 1 atom stereocenters. The lowest BCUT2D eigenvalue weighted by Crippen LogP contribution is -2.29. The highest BCUT2D eigenvalue weighted by Gasteiger charge is 2.30. The van der Waals surface area contributed by atoms with Crippen molar-refractivity contribution in [2.45, 2.75) is 44.9 Å². The molecule has 4 heteroatoms. The van der Waals surface area contributed by atoms with Gasteiger partial charge in [-0.15, -0.1) is 0 Å². The average molecular weight is 365 g/mol. The number of amides is 1. The molecule has 1 aliphatic carbocycles. The van der Waals surface area contributed by atoms with Crippen LogP contribution in [0.15, 0.2) is 54.6 Å². The fourth-order valence-electron chi connectivity index (χ4n) is 3.89. The summed E-state index contributed by atoms with van der Waals surface area (Å²) in [6, 6.07) is 16.9. The van der Waals surface area contributed by atoms with E-state index in [0.717, 1.165) is 18.4 Å². The largest absolute Gasteiger partial charge is 0.462 e. The number of nitrogens with one attached hydrogen (secondary N) is 1. The maximum absolute atomic E-state index is 13.1. The molecule has 2 aromatic rings. The maximum Gasteiger partial charge on any atom is 0.338 e. The van der Waals surface area contributed by atoms with Crippen LogP contribution in [0.4, 0.5) is 5.69 Å². The van der Waals surface area contributed by atoms with Crippen LogP contribution in [0.1, 0.15) is 60.9 Å². The first-order valence-electron chi connectivity index (χ1n) is 9.82. The van der Waals surface area contributed by atoms with Gasteiger partial charge < -0.3 is 10.1 Å². The average Bonchev–Trinajstić information content (AvgIpc) is 2.70. The molecule has 0 saturated heterocycles. The van der Waals surface area contributed by atoms with Crippen molar-refractivity contribution >= 4 is 17.6 Å². The Labute approximate surface area is 160 Å². The van der Waals surface area contributed by atoms with Crippen molar-refractivity contribution in [3.8, 4) is 0 Å². The lowest BCUT2D eigenvalue weighted by atomic mass is 9.76. The van der Waals surface area contributed by atoms with Crippen LogP contribution in [0.3, 0.4) is 0 Å². The SMILES string of the molecule is CCOC(=O)c1ccc(NC(=O)[C@@H](c2ccccc2)C2CCCCC2)cc1. The van der Waals surface area contributed by atoms with E-state index >= 15 is 0 Å². The molecule has 1 N–H and O–H groups in total. The van der Waals surface area contributed by atoms with Crippen molar-refractivity contribution < 1.29 is 14.3 Å². The zero-order valence-corrected chi connectivity index (χ0v) is 15.8. The molecule has 1 fully saturated rings. The second kappa shape index (κ2) is 9.36. The third kappa shape index (κ3) is 4.97. The number of anilines is 1. The van der Waals surface area contributed by atoms with Gasteiger partial charge in [0.1, 0.15) is 0 Å². The highest BCUT2D eigenvalue weighted by Crippen LogP contribution is 2.36. The van der Waals surface area contributed by atoms with Gasteiger partial charge in [-0.05, 0) is 55.5 Å². The summed E-state index contributed by atoms with van der Waals surface area (Å²) in [6.45, 7) is 2.12. The Kier molecular flexibility index (Phi) is 6.64. The topological polar surface area (TPSA) is 55.4 Å². The van der Waals surface area contributed by atoms with Crippen molar-refractivity contribution in [1.82, 2.24) is 0 Å². The monoisotopic (exact) mass is 365 g/mol. The molecule has 1 aliphatic rings. The van der Waals surface area contributed by atoms with E-state index in [1.165, 1.54) is 19.3 Å². The Balaban J connectivity index is 1.75. The Morgan fingerprint density at radius 3 is 2.30 bits per heavy atom. The van der Waals surface area contributed by atoms with Crippen LogP contribution in [-0.4, -0.2) is 18.5 Å². The maximum atomic E-state index is 13.1. The molecule has 0 bridgehead atoms. The molecule has 0 aromatic heterocycles. The Morgan fingerprint density at radius 2 is 1.67 bits per heavy atom. The molecule has 0 heterocycles. The third-order valence-corrected chi connectivity index (χ3v) is 5.23. The predicted molar refractivity (Wildman–Crippen MR) is 107 cm³/mol. The first-order chi connectivity index (χ1) is 13.2. The van der Waals surface area contributed by atoms with Gasteiger partial charge in [0, 0.05) is 5.69 Å². The highest BCUT2D eigenvalue weighted by molar-refractivity contribution is 5.97. The summed E-state index contributed by atoms with van der Waals surface area (Å²) in [5, 5.41) is 3.04. The van der Waals surface area contributed by atoms with E-state index in [1.54, 1.807) is 31.2 Å². The molecule has 0 unspecified atom stereocenters. The summed E-state index contributed by atoms with van der Waals surface area (Å²) in [7, 11) is 0. The zero-order valence-electron chi connectivity index (χ0n) is 15.8. The molecule has 2 aromatic carbocycles. The molecule has 0 spiro atoms. The van der Waals surface area contributed by atoms with E-state index in [4.69, 9.17) is 4.74 Å². The van der Waals surface area contributed by atoms with Crippen LogP contribution in [0, 0.1) is 5.92 Å². The fraction of sp³-hybridized carbons (Fsp3) is 0.391. The van der Waals surface area contributed by atoms with Gasteiger partial charge in [0.15, 0.2) is 0 Å². The van der Waals surface area contributed by atoms with E-state index in [2.05, 4.69) is 5.32 Å². The molecule has 0 aliphatic heterocycles. The van der Waals surface area contributed by atoms with Gasteiger partial charge in [-0.2, -0.15) is 0 Å². The standard InChI is InChI=1S/C23H27NO3/c1-2-27-23(26)19-13-15-20(16-14-19)24-22(25)21(17-9-5-3-6-10-17)18-11-7-4-8-12-18/h3,5-6,9-10,13-16,18,21H,2,4,7-8,11-12H2,1H3,(H,24,25)/t21-/m0/s1. The molecule has 3 rings (SSSR count). The molecular weight excluding hydrogens is 338 g/mol. The minimum atomic E-state index is -0.347. The molecule has 27 heavy (non-hydrogen) atoms.